The molecule has 0 saturated carbocycles. The van der Waals surface area contributed by atoms with Crippen molar-refractivity contribution in [2.75, 3.05) is 42.6 Å². The van der Waals surface area contributed by atoms with Gasteiger partial charge in [0, 0.05) is 38.7 Å². The molecule has 0 unspecified atom stereocenters. The lowest BCUT2D eigenvalue weighted by molar-refractivity contribution is -0.125. The zero-order valence-corrected chi connectivity index (χ0v) is 12.0. The molecule has 1 aliphatic heterocycles. The zero-order chi connectivity index (χ0) is 14.5. The average Bonchev–Trinajstić information content (AvgIpc) is 2.46. The van der Waals surface area contributed by atoms with Gasteiger partial charge >= 0.3 is 0 Å². The number of piperidine rings is 1. The fraction of sp³-hybridized carbons (Fsp3) is 0.615. The van der Waals surface area contributed by atoms with Crippen LogP contribution in [0.25, 0.3) is 0 Å². The third-order valence-corrected chi connectivity index (χ3v) is 3.52. The molecule has 1 aromatic rings. The van der Waals surface area contributed by atoms with Gasteiger partial charge in [-0.25, -0.2) is 0 Å². The number of carbonyl (C=O) groups is 1. The molecule has 20 heavy (non-hydrogen) atoms. The number of nitrogens with zero attached hydrogens (tertiary/aromatic N) is 3. The maximum Gasteiger partial charge on any atom is 0.223 e. The molecule has 1 aliphatic rings. The Kier molecular flexibility index (Phi) is 4.60. The molecular weight excluding hydrogens is 256 g/mol. The number of hydrogen-bond donors (Lipinski definition) is 3. The summed E-state index contributed by atoms with van der Waals surface area (Å²) in [5.41, 5.74) is 5.74. The molecule has 4 N–H and O–H groups in total. The summed E-state index contributed by atoms with van der Waals surface area (Å²) in [6, 6.07) is 1.90. The van der Waals surface area contributed by atoms with E-state index in [1.165, 1.54) is 0 Å². The predicted molar refractivity (Wildman–Crippen MR) is 79.6 cm³/mol. The van der Waals surface area contributed by atoms with Crippen LogP contribution in [-0.2, 0) is 4.79 Å². The van der Waals surface area contributed by atoms with Gasteiger partial charge < -0.3 is 21.3 Å². The van der Waals surface area contributed by atoms with Crippen molar-refractivity contribution >= 4 is 23.5 Å². The van der Waals surface area contributed by atoms with Crippen molar-refractivity contribution in [3.8, 4) is 0 Å². The molecule has 1 aromatic heterocycles. The first-order valence-corrected chi connectivity index (χ1v) is 6.99. The van der Waals surface area contributed by atoms with Crippen molar-refractivity contribution < 1.29 is 4.79 Å². The van der Waals surface area contributed by atoms with Gasteiger partial charge in [-0.05, 0) is 19.8 Å². The lowest BCUT2D eigenvalue weighted by atomic mass is 9.96. The summed E-state index contributed by atoms with van der Waals surface area (Å²) in [5.74, 6) is 2.06. The van der Waals surface area contributed by atoms with E-state index in [0.29, 0.717) is 0 Å². The van der Waals surface area contributed by atoms with Crippen LogP contribution in [0.5, 0.6) is 0 Å². The SMILES string of the molecule is CCNc1cc(N2CCC(C(=O)NC)CC2)nc(N)n1. The molecular formula is C13H22N6O. The van der Waals surface area contributed by atoms with Crippen molar-refractivity contribution in [3.63, 3.8) is 0 Å². The first kappa shape index (κ1) is 14.4. The summed E-state index contributed by atoms with van der Waals surface area (Å²) in [4.78, 5) is 22.2. The van der Waals surface area contributed by atoms with Crippen molar-refractivity contribution in [3.05, 3.63) is 6.07 Å². The van der Waals surface area contributed by atoms with Gasteiger partial charge in [-0.3, -0.25) is 4.79 Å². The Bertz CT molecular complexity index is 470. The van der Waals surface area contributed by atoms with Gasteiger partial charge in [-0.2, -0.15) is 9.97 Å². The highest BCUT2D eigenvalue weighted by Gasteiger charge is 2.25. The average molecular weight is 278 g/mol. The van der Waals surface area contributed by atoms with Crippen LogP contribution in [0.1, 0.15) is 19.8 Å². The van der Waals surface area contributed by atoms with Crippen molar-refractivity contribution in [2.45, 2.75) is 19.8 Å². The number of anilines is 3. The fourth-order valence-electron chi connectivity index (χ4n) is 2.46. The fourth-order valence-corrected chi connectivity index (χ4v) is 2.46. The van der Waals surface area contributed by atoms with Crippen LogP contribution in [0, 0.1) is 5.92 Å². The first-order chi connectivity index (χ1) is 9.63. The second kappa shape index (κ2) is 6.40. The molecule has 7 nitrogen and oxygen atoms in total. The van der Waals surface area contributed by atoms with Gasteiger partial charge in [0.25, 0.3) is 0 Å². The van der Waals surface area contributed by atoms with Gasteiger partial charge in [0.2, 0.25) is 11.9 Å². The molecule has 2 rings (SSSR count). The number of nitrogens with one attached hydrogen (secondary N) is 2. The number of hydrogen-bond acceptors (Lipinski definition) is 6. The normalized spacial score (nSPS) is 16.0. The lowest BCUT2D eigenvalue weighted by Gasteiger charge is -2.32. The van der Waals surface area contributed by atoms with E-state index < -0.39 is 0 Å². The Morgan fingerprint density at radius 2 is 2.15 bits per heavy atom. The predicted octanol–water partition coefficient (Wildman–Crippen LogP) is 0.453. The van der Waals surface area contributed by atoms with Crippen molar-refractivity contribution in [1.82, 2.24) is 15.3 Å². The Hall–Kier alpha value is -2.05. The first-order valence-electron chi connectivity index (χ1n) is 6.99. The van der Waals surface area contributed by atoms with E-state index >= 15 is 0 Å². The van der Waals surface area contributed by atoms with Gasteiger partial charge in [-0.15, -0.1) is 0 Å². The molecule has 0 aromatic carbocycles. The van der Waals surface area contributed by atoms with E-state index in [-0.39, 0.29) is 17.8 Å². The summed E-state index contributed by atoms with van der Waals surface area (Å²) >= 11 is 0. The third-order valence-electron chi connectivity index (χ3n) is 3.52. The van der Waals surface area contributed by atoms with E-state index in [1.54, 1.807) is 7.05 Å². The standard InChI is InChI=1S/C13H22N6O/c1-3-16-10-8-11(18-13(14)17-10)19-6-4-9(5-7-19)12(20)15-2/h8-9H,3-7H2,1-2H3,(H,15,20)(H3,14,16,17,18). The number of rotatable bonds is 4. The summed E-state index contributed by atoms with van der Waals surface area (Å²) < 4.78 is 0. The second-order valence-electron chi connectivity index (χ2n) is 4.88. The third kappa shape index (κ3) is 3.28. The Morgan fingerprint density at radius 3 is 2.75 bits per heavy atom. The van der Waals surface area contributed by atoms with E-state index in [2.05, 4.69) is 25.5 Å². The maximum atomic E-state index is 11.6. The number of aromatic nitrogens is 2. The molecule has 0 atom stereocenters. The minimum absolute atomic E-state index is 0.101. The Balaban J connectivity index is 2.04. The minimum Gasteiger partial charge on any atom is -0.370 e. The summed E-state index contributed by atoms with van der Waals surface area (Å²) in [6.45, 7) is 4.40. The minimum atomic E-state index is 0.101. The van der Waals surface area contributed by atoms with Gasteiger partial charge in [0.05, 0.1) is 0 Å². The van der Waals surface area contributed by atoms with Crippen molar-refractivity contribution in [2.24, 2.45) is 5.92 Å². The molecule has 2 heterocycles. The Labute approximate surface area is 119 Å². The summed E-state index contributed by atoms with van der Waals surface area (Å²) in [5, 5.41) is 5.85. The monoisotopic (exact) mass is 278 g/mol. The topological polar surface area (TPSA) is 96.2 Å². The highest BCUT2D eigenvalue weighted by molar-refractivity contribution is 5.78. The highest BCUT2D eigenvalue weighted by atomic mass is 16.1. The quantitative estimate of drug-likeness (QED) is 0.740. The van der Waals surface area contributed by atoms with Crippen LogP contribution in [0.2, 0.25) is 0 Å². The van der Waals surface area contributed by atoms with Gasteiger partial charge in [-0.1, -0.05) is 0 Å². The number of nitrogen functional groups attached to an aromatic ring is 1. The van der Waals surface area contributed by atoms with E-state index in [0.717, 1.165) is 44.1 Å². The second-order valence-corrected chi connectivity index (χ2v) is 4.88. The van der Waals surface area contributed by atoms with E-state index in [1.807, 2.05) is 13.0 Å². The molecule has 0 spiro atoms. The lowest BCUT2D eigenvalue weighted by Crippen LogP contribution is -2.40. The Morgan fingerprint density at radius 1 is 1.45 bits per heavy atom. The van der Waals surface area contributed by atoms with E-state index in [4.69, 9.17) is 5.73 Å². The van der Waals surface area contributed by atoms with E-state index in [9.17, 15) is 4.79 Å². The molecule has 1 saturated heterocycles. The molecule has 0 bridgehead atoms. The molecule has 110 valence electrons. The largest absolute Gasteiger partial charge is 0.370 e. The molecule has 1 fully saturated rings. The summed E-state index contributed by atoms with van der Waals surface area (Å²) in [7, 11) is 1.68. The molecule has 0 aliphatic carbocycles. The van der Waals surface area contributed by atoms with Crippen LogP contribution >= 0.6 is 0 Å². The zero-order valence-electron chi connectivity index (χ0n) is 12.0. The smallest absolute Gasteiger partial charge is 0.223 e. The molecule has 0 radical (unpaired) electrons. The maximum absolute atomic E-state index is 11.6. The molecule has 7 heteroatoms. The number of amides is 1. The molecule has 1 amide bonds. The van der Waals surface area contributed by atoms with Gasteiger partial charge in [0.1, 0.15) is 11.6 Å². The van der Waals surface area contributed by atoms with Crippen LogP contribution < -0.4 is 21.3 Å². The number of carbonyl (C=O) groups excluding carboxylic acids is 1. The summed E-state index contributed by atoms with van der Waals surface area (Å²) in [6.07, 6.45) is 1.67. The van der Waals surface area contributed by atoms with Crippen LogP contribution in [0.4, 0.5) is 17.6 Å². The van der Waals surface area contributed by atoms with Crippen LogP contribution in [-0.4, -0.2) is 42.6 Å². The van der Waals surface area contributed by atoms with Crippen LogP contribution in [0.3, 0.4) is 0 Å². The van der Waals surface area contributed by atoms with Crippen molar-refractivity contribution in [1.29, 1.82) is 0 Å². The number of nitrogens with two attached hydrogens (primary N) is 1. The highest BCUT2D eigenvalue weighted by Crippen LogP contribution is 2.24. The van der Waals surface area contributed by atoms with Gasteiger partial charge in [0.15, 0.2) is 0 Å². The van der Waals surface area contributed by atoms with Crippen LogP contribution in [0.15, 0.2) is 6.07 Å².